The molecule has 0 saturated carbocycles. The zero-order chi connectivity index (χ0) is 24.9. The quantitative estimate of drug-likeness (QED) is 0.550. The lowest BCUT2D eigenvalue weighted by atomic mass is 10.1. The van der Waals surface area contributed by atoms with Gasteiger partial charge in [-0.05, 0) is 42.7 Å². The second-order valence-electron chi connectivity index (χ2n) is 7.89. The first-order chi connectivity index (χ1) is 16.2. The molecule has 0 aliphatic carbocycles. The van der Waals surface area contributed by atoms with Gasteiger partial charge in [0.05, 0.1) is 12.7 Å². The first-order valence-electron chi connectivity index (χ1n) is 11.0. The topological polar surface area (TPSA) is 113 Å². The van der Waals surface area contributed by atoms with Crippen LogP contribution in [0.3, 0.4) is 0 Å². The smallest absolute Gasteiger partial charge is 0.269 e. The van der Waals surface area contributed by atoms with Gasteiger partial charge in [0, 0.05) is 26.6 Å². The van der Waals surface area contributed by atoms with Gasteiger partial charge in [0.15, 0.2) is 0 Å². The number of amides is 3. The Morgan fingerprint density at radius 1 is 1.15 bits per heavy atom. The van der Waals surface area contributed by atoms with Crippen LogP contribution in [0, 0.1) is 0 Å². The van der Waals surface area contributed by atoms with E-state index in [4.69, 9.17) is 4.74 Å². The Hall–Kier alpha value is -3.40. The van der Waals surface area contributed by atoms with Gasteiger partial charge in [-0.15, -0.1) is 0 Å². The van der Waals surface area contributed by atoms with E-state index < -0.39 is 22.0 Å². The molecule has 0 bridgehead atoms. The van der Waals surface area contributed by atoms with Gasteiger partial charge in [-0.25, -0.2) is 12.7 Å². The SMILES string of the molecule is CC[C@H](C(=O)NC)N(Cc1cccc(OC)c1)C(=O)CCCN1C(=O)c2ccccc2S1(=O)=O. The van der Waals surface area contributed by atoms with Crippen LogP contribution in [0.2, 0.25) is 0 Å². The van der Waals surface area contributed by atoms with Crippen LogP contribution in [-0.2, 0) is 26.2 Å². The van der Waals surface area contributed by atoms with E-state index in [-0.39, 0.29) is 48.2 Å². The molecule has 3 rings (SSSR count). The molecule has 9 nitrogen and oxygen atoms in total. The lowest BCUT2D eigenvalue weighted by Crippen LogP contribution is -2.48. The molecule has 1 heterocycles. The number of nitrogens with one attached hydrogen (secondary N) is 1. The molecule has 1 atom stereocenters. The lowest BCUT2D eigenvalue weighted by Gasteiger charge is -2.30. The van der Waals surface area contributed by atoms with E-state index in [1.165, 1.54) is 24.1 Å². The van der Waals surface area contributed by atoms with E-state index in [9.17, 15) is 22.8 Å². The summed E-state index contributed by atoms with van der Waals surface area (Å²) in [7, 11) is -0.864. The summed E-state index contributed by atoms with van der Waals surface area (Å²) in [6.45, 7) is 1.89. The Bertz CT molecular complexity index is 1180. The molecule has 0 aromatic heterocycles. The van der Waals surface area contributed by atoms with Gasteiger partial charge >= 0.3 is 0 Å². The van der Waals surface area contributed by atoms with E-state index >= 15 is 0 Å². The number of carbonyl (C=O) groups excluding carboxylic acids is 3. The van der Waals surface area contributed by atoms with Crippen molar-refractivity contribution in [1.82, 2.24) is 14.5 Å². The average molecular weight is 488 g/mol. The van der Waals surface area contributed by atoms with Crippen LogP contribution >= 0.6 is 0 Å². The minimum absolute atomic E-state index is 0.0170. The number of methoxy groups -OCH3 is 1. The zero-order valence-electron chi connectivity index (χ0n) is 19.5. The summed E-state index contributed by atoms with van der Waals surface area (Å²) in [5.74, 6) is -0.547. The van der Waals surface area contributed by atoms with Gasteiger partial charge in [0.1, 0.15) is 16.7 Å². The minimum Gasteiger partial charge on any atom is -0.497 e. The summed E-state index contributed by atoms with van der Waals surface area (Å²) in [6.07, 6.45) is 0.521. The second kappa shape index (κ2) is 10.7. The molecule has 0 saturated heterocycles. The van der Waals surface area contributed by atoms with Gasteiger partial charge in [-0.3, -0.25) is 14.4 Å². The molecule has 10 heteroatoms. The van der Waals surface area contributed by atoms with Crippen molar-refractivity contribution in [2.75, 3.05) is 20.7 Å². The standard InChI is InChI=1S/C24H29N3O6S/c1-4-20(23(29)25-2)26(16-17-9-7-10-18(15-17)33-3)22(28)13-8-14-27-24(30)19-11-5-6-12-21(19)34(27,31)32/h5-7,9-12,15,20H,4,8,13-14,16H2,1-3H3,(H,25,29)/t20-/m1/s1. The van der Waals surface area contributed by atoms with E-state index in [1.807, 2.05) is 13.0 Å². The van der Waals surface area contributed by atoms with Gasteiger partial charge in [-0.2, -0.15) is 0 Å². The number of carbonyl (C=O) groups is 3. The normalized spacial score (nSPS) is 14.9. The first kappa shape index (κ1) is 25.2. The van der Waals surface area contributed by atoms with Crippen LogP contribution < -0.4 is 10.1 Å². The number of hydrogen-bond acceptors (Lipinski definition) is 6. The third-order valence-corrected chi connectivity index (χ3v) is 7.62. The van der Waals surface area contributed by atoms with Crippen molar-refractivity contribution >= 4 is 27.7 Å². The Morgan fingerprint density at radius 3 is 2.53 bits per heavy atom. The Morgan fingerprint density at radius 2 is 1.88 bits per heavy atom. The van der Waals surface area contributed by atoms with Crippen molar-refractivity contribution < 1.29 is 27.5 Å². The molecule has 0 spiro atoms. The number of benzene rings is 2. The number of ether oxygens (including phenoxy) is 1. The molecule has 0 unspecified atom stereocenters. The fraction of sp³-hybridized carbons (Fsp3) is 0.375. The number of nitrogens with zero attached hydrogens (tertiary/aromatic N) is 2. The van der Waals surface area contributed by atoms with Gasteiger partial charge in [0.25, 0.3) is 15.9 Å². The summed E-state index contributed by atoms with van der Waals surface area (Å²) >= 11 is 0. The highest BCUT2D eigenvalue weighted by Gasteiger charge is 2.40. The Kier molecular flexibility index (Phi) is 7.93. The molecule has 1 aliphatic heterocycles. The maximum absolute atomic E-state index is 13.2. The van der Waals surface area contributed by atoms with E-state index in [1.54, 1.807) is 37.4 Å². The van der Waals surface area contributed by atoms with Crippen molar-refractivity contribution in [2.24, 2.45) is 0 Å². The van der Waals surface area contributed by atoms with Crippen LogP contribution in [0.4, 0.5) is 0 Å². The highest BCUT2D eigenvalue weighted by Crippen LogP contribution is 2.30. The zero-order valence-corrected chi connectivity index (χ0v) is 20.3. The van der Waals surface area contributed by atoms with Crippen LogP contribution in [0.25, 0.3) is 0 Å². The monoisotopic (exact) mass is 487 g/mol. The molecule has 0 radical (unpaired) electrons. The number of sulfonamides is 1. The number of hydrogen-bond donors (Lipinski definition) is 1. The Balaban J connectivity index is 1.74. The molecule has 2 aromatic rings. The second-order valence-corrected chi connectivity index (χ2v) is 9.72. The molecule has 1 N–H and O–H groups in total. The molecule has 2 aromatic carbocycles. The van der Waals surface area contributed by atoms with E-state index in [2.05, 4.69) is 5.32 Å². The Labute approximate surface area is 199 Å². The fourth-order valence-electron chi connectivity index (χ4n) is 4.02. The molecule has 34 heavy (non-hydrogen) atoms. The van der Waals surface area contributed by atoms with Gasteiger partial charge in [-0.1, -0.05) is 31.2 Å². The van der Waals surface area contributed by atoms with E-state index in [0.717, 1.165) is 9.87 Å². The summed E-state index contributed by atoms with van der Waals surface area (Å²) < 4.78 is 31.5. The average Bonchev–Trinajstić information content (AvgIpc) is 3.04. The van der Waals surface area contributed by atoms with Crippen molar-refractivity contribution in [2.45, 2.75) is 43.7 Å². The fourth-order valence-corrected chi connectivity index (χ4v) is 5.63. The first-order valence-corrected chi connectivity index (χ1v) is 12.5. The minimum atomic E-state index is -3.93. The predicted molar refractivity (Wildman–Crippen MR) is 126 cm³/mol. The summed E-state index contributed by atoms with van der Waals surface area (Å²) in [6, 6.07) is 12.6. The van der Waals surface area contributed by atoms with Crippen LogP contribution in [-0.4, -0.2) is 62.1 Å². The molecular weight excluding hydrogens is 458 g/mol. The van der Waals surface area contributed by atoms with Gasteiger partial charge in [0.2, 0.25) is 11.8 Å². The third-order valence-electron chi connectivity index (χ3n) is 5.78. The third kappa shape index (κ3) is 5.06. The van der Waals surface area contributed by atoms with Crippen molar-refractivity contribution in [1.29, 1.82) is 0 Å². The lowest BCUT2D eigenvalue weighted by molar-refractivity contribution is -0.141. The van der Waals surface area contributed by atoms with Crippen molar-refractivity contribution in [3.63, 3.8) is 0 Å². The molecule has 3 amide bonds. The largest absolute Gasteiger partial charge is 0.497 e. The maximum atomic E-state index is 13.2. The van der Waals surface area contributed by atoms with Crippen LogP contribution in [0.1, 0.15) is 42.1 Å². The highest BCUT2D eigenvalue weighted by atomic mass is 32.2. The summed E-state index contributed by atoms with van der Waals surface area (Å²) in [4.78, 5) is 39.8. The molecule has 182 valence electrons. The van der Waals surface area contributed by atoms with E-state index in [0.29, 0.717) is 12.2 Å². The molecule has 0 fully saturated rings. The molecule has 1 aliphatic rings. The molecular formula is C24H29N3O6S. The highest BCUT2D eigenvalue weighted by molar-refractivity contribution is 7.90. The maximum Gasteiger partial charge on any atom is 0.269 e. The summed E-state index contributed by atoms with van der Waals surface area (Å²) in [5.41, 5.74) is 0.932. The van der Waals surface area contributed by atoms with Crippen LogP contribution in [0.15, 0.2) is 53.4 Å². The van der Waals surface area contributed by atoms with Crippen LogP contribution in [0.5, 0.6) is 5.75 Å². The number of fused-ring (bicyclic) bond motifs is 1. The van der Waals surface area contributed by atoms with Crippen molar-refractivity contribution in [3.8, 4) is 5.75 Å². The predicted octanol–water partition coefficient (Wildman–Crippen LogP) is 2.17. The summed E-state index contributed by atoms with van der Waals surface area (Å²) in [5, 5.41) is 2.60. The number of likely N-dealkylation sites (N-methyl/N-ethyl adjacent to an activating group) is 1. The number of rotatable bonds is 10. The van der Waals surface area contributed by atoms with Gasteiger partial charge < -0.3 is 15.0 Å². The van der Waals surface area contributed by atoms with Crippen molar-refractivity contribution in [3.05, 3.63) is 59.7 Å².